The van der Waals surface area contributed by atoms with Gasteiger partial charge < -0.3 is 9.64 Å². The van der Waals surface area contributed by atoms with Crippen molar-refractivity contribution in [1.82, 2.24) is 0 Å². The van der Waals surface area contributed by atoms with Crippen molar-refractivity contribution in [2.45, 2.75) is 6.42 Å². The van der Waals surface area contributed by atoms with E-state index in [4.69, 9.17) is 4.74 Å². The van der Waals surface area contributed by atoms with Gasteiger partial charge in [-0.25, -0.2) is 0 Å². The lowest BCUT2D eigenvalue weighted by Gasteiger charge is -2.17. The Morgan fingerprint density at radius 3 is 3.00 bits per heavy atom. The van der Waals surface area contributed by atoms with Crippen LogP contribution in [-0.4, -0.2) is 25.3 Å². The summed E-state index contributed by atoms with van der Waals surface area (Å²) in [6, 6.07) is 7.59. The Labute approximate surface area is 101 Å². The molecule has 0 aliphatic carbocycles. The summed E-state index contributed by atoms with van der Waals surface area (Å²) < 4.78 is 5.15. The number of anilines is 1. The molecule has 0 N–H and O–H groups in total. The molecule has 3 nitrogen and oxygen atoms in total. The number of methoxy groups -OCH3 is 1. The predicted octanol–water partition coefficient (Wildman–Crippen LogP) is 1.98. The largest absolute Gasteiger partial charge is 0.497 e. The minimum atomic E-state index is 0.173. The van der Waals surface area contributed by atoms with Crippen molar-refractivity contribution in [3.05, 3.63) is 24.3 Å². The third-order valence-corrected chi connectivity index (χ3v) is 3.34. The fraction of sp³-hybridized carbons (Fsp3) is 0.417. The number of hydrogen-bond acceptors (Lipinski definition) is 3. The monoisotopic (exact) mass is 237 g/mol. The van der Waals surface area contributed by atoms with Crippen LogP contribution < -0.4 is 9.64 Å². The van der Waals surface area contributed by atoms with Gasteiger partial charge in [-0.1, -0.05) is 6.07 Å². The van der Waals surface area contributed by atoms with Crippen molar-refractivity contribution < 1.29 is 9.53 Å². The zero-order valence-corrected chi connectivity index (χ0v) is 10.1. The number of thiol groups is 1. The molecule has 4 heteroatoms. The molecule has 0 radical (unpaired) electrons. The number of carbonyl (C=O) groups excluding carboxylic acids is 1. The first kappa shape index (κ1) is 11.3. The van der Waals surface area contributed by atoms with Gasteiger partial charge in [-0.15, -0.1) is 0 Å². The Morgan fingerprint density at radius 1 is 1.56 bits per heavy atom. The van der Waals surface area contributed by atoms with Gasteiger partial charge in [-0.3, -0.25) is 4.79 Å². The molecular weight excluding hydrogens is 222 g/mol. The third-order valence-electron chi connectivity index (χ3n) is 2.83. The maximum atomic E-state index is 11.8. The molecule has 1 fully saturated rings. The number of benzene rings is 1. The van der Waals surface area contributed by atoms with E-state index >= 15 is 0 Å². The first-order valence-corrected chi connectivity index (χ1v) is 5.93. The molecule has 1 atom stereocenters. The Hall–Kier alpha value is -1.16. The van der Waals surface area contributed by atoms with Gasteiger partial charge in [0.25, 0.3) is 0 Å². The SMILES string of the molecule is COc1cccc(N2CC(CS)CC2=O)c1. The predicted molar refractivity (Wildman–Crippen MR) is 67.3 cm³/mol. The number of rotatable bonds is 3. The van der Waals surface area contributed by atoms with E-state index in [9.17, 15) is 4.79 Å². The molecule has 1 unspecified atom stereocenters. The van der Waals surface area contributed by atoms with Crippen LogP contribution in [0.25, 0.3) is 0 Å². The second-order valence-electron chi connectivity index (χ2n) is 3.96. The number of carbonyl (C=O) groups is 1. The van der Waals surface area contributed by atoms with Gasteiger partial charge in [0.05, 0.1) is 7.11 Å². The minimum absolute atomic E-state index is 0.173. The molecule has 0 spiro atoms. The van der Waals surface area contributed by atoms with Gasteiger partial charge in [-0.05, 0) is 23.8 Å². The Balaban J connectivity index is 2.20. The molecule has 1 saturated heterocycles. The molecule has 0 bridgehead atoms. The van der Waals surface area contributed by atoms with Crippen molar-refractivity contribution in [1.29, 1.82) is 0 Å². The van der Waals surface area contributed by atoms with E-state index in [1.807, 2.05) is 29.2 Å². The van der Waals surface area contributed by atoms with Crippen molar-refractivity contribution >= 4 is 24.2 Å². The molecule has 16 heavy (non-hydrogen) atoms. The Kier molecular flexibility index (Phi) is 3.39. The highest BCUT2D eigenvalue weighted by atomic mass is 32.1. The Morgan fingerprint density at radius 2 is 2.38 bits per heavy atom. The van der Waals surface area contributed by atoms with Crippen LogP contribution in [0, 0.1) is 5.92 Å². The third kappa shape index (κ3) is 2.16. The maximum Gasteiger partial charge on any atom is 0.227 e. The summed E-state index contributed by atoms with van der Waals surface area (Å²) in [5.41, 5.74) is 0.911. The minimum Gasteiger partial charge on any atom is -0.497 e. The van der Waals surface area contributed by atoms with E-state index in [0.29, 0.717) is 12.3 Å². The number of ether oxygens (including phenoxy) is 1. The average Bonchev–Trinajstić information content (AvgIpc) is 2.71. The highest BCUT2D eigenvalue weighted by Gasteiger charge is 2.29. The fourth-order valence-corrected chi connectivity index (χ4v) is 2.18. The molecule has 86 valence electrons. The molecule has 1 aromatic rings. The van der Waals surface area contributed by atoms with Gasteiger partial charge in [-0.2, -0.15) is 12.6 Å². The highest BCUT2D eigenvalue weighted by molar-refractivity contribution is 7.80. The number of hydrogen-bond donors (Lipinski definition) is 1. The highest BCUT2D eigenvalue weighted by Crippen LogP contribution is 2.28. The summed E-state index contributed by atoms with van der Waals surface area (Å²) in [4.78, 5) is 13.6. The fourth-order valence-electron chi connectivity index (χ4n) is 1.93. The van der Waals surface area contributed by atoms with Crippen LogP contribution in [-0.2, 0) is 4.79 Å². The molecule has 1 amide bonds. The first-order chi connectivity index (χ1) is 7.74. The molecule has 2 rings (SSSR count). The van der Waals surface area contributed by atoms with E-state index in [-0.39, 0.29) is 5.91 Å². The van der Waals surface area contributed by atoms with Crippen LogP contribution in [0.5, 0.6) is 5.75 Å². The molecule has 1 aliphatic rings. The topological polar surface area (TPSA) is 29.5 Å². The van der Waals surface area contributed by atoms with E-state index in [2.05, 4.69) is 12.6 Å². The summed E-state index contributed by atoms with van der Waals surface area (Å²) in [5.74, 6) is 2.07. The van der Waals surface area contributed by atoms with Crippen molar-refractivity contribution in [2.75, 3.05) is 24.3 Å². The van der Waals surface area contributed by atoms with Gasteiger partial charge >= 0.3 is 0 Å². The van der Waals surface area contributed by atoms with Crippen molar-refractivity contribution in [3.8, 4) is 5.75 Å². The molecule has 1 heterocycles. The zero-order chi connectivity index (χ0) is 11.5. The van der Waals surface area contributed by atoms with Crippen molar-refractivity contribution in [3.63, 3.8) is 0 Å². The van der Waals surface area contributed by atoms with Gasteiger partial charge in [0.2, 0.25) is 5.91 Å². The lowest BCUT2D eigenvalue weighted by atomic mass is 10.1. The van der Waals surface area contributed by atoms with Gasteiger partial charge in [0, 0.05) is 24.7 Å². The lowest BCUT2D eigenvalue weighted by Crippen LogP contribution is -2.24. The molecule has 1 aliphatic heterocycles. The van der Waals surface area contributed by atoms with E-state index in [1.165, 1.54) is 0 Å². The standard InChI is InChI=1S/C12H15NO2S/c1-15-11-4-2-3-10(6-11)13-7-9(8-16)5-12(13)14/h2-4,6,9,16H,5,7-8H2,1H3. The van der Waals surface area contributed by atoms with Gasteiger partial charge in [0.15, 0.2) is 0 Å². The van der Waals surface area contributed by atoms with E-state index in [1.54, 1.807) is 7.11 Å². The maximum absolute atomic E-state index is 11.8. The molecule has 0 saturated carbocycles. The summed E-state index contributed by atoms with van der Waals surface area (Å²) in [7, 11) is 1.63. The van der Waals surface area contributed by atoms with Crippen LogP contribution in [0.3, 0.4) is 0 Å². The van der Waals surface area contributed by atoms with Crippen molar-refractivity contribution in [2.24, 2.45) is 5.92 Å². The zero-order valence-electron chi connectivity index (χ0n) is 9.22. The summed E-state index contributed by atoms with van der Waals surface area (Å²) >= 11 is 4.24. The number of amides is 1. The second-order valence-corrected chi connectivity index (χ2v) is 4.32. The van der Waals surface area contributed by atoms with Crippen LogP contribution in [0.2, 0.25) is 0 Å². The van der Waals surface area contributed by atoms with E-state index in [0.717, 1.165) is 23.7 Å². The smallest absolute Gasteiger partial charge is 0.227 e. The number of nitrogens with zero attached hydrogens (tertiary/aromatic N) is 1. The second kappa shape index (κ2) is 4.78. The quantitative estimate of drug-likeness (QED) is 0.815. The first-order valence-electron chi connectivity index (χ1n) is 5.30. The lowest BCUT2D eigenvalue weighted by molar-refractivity contribution is -0.117. The van der Waals surface area contributed by atoms with E-state index < -0.39 is 0 Å². The molecule has 0 aromatic heterocycles. The van der Waals surface area contributed by atoms with Gasteiger partial charge in [0.1, 0.15) is 5.75 Å². The average molecular weight is 237 g/mol. The Bertz CT molecular complexity index is 394. The van der Waals surface area contributed by atoms with Crippen LogP contribution in [0.15, 0.2) is 24.3 Å². The molecular formula is C12H15NO2S. The summed E-state index contributed by atoms with van der Waals surface area (Å²) in [6.07, 6.45) is 0.598. The normalized spacial score (nSPS) is 20.2. The van der Waals surface area contributed by atoms with Crippen LogP contribution in [0.1, 0.15) is 6.42 Å². The molecule has 1 aromatic carbocycles. The summed E-state index contributed by atoms with van der Waals surface area (Å²) in [6.45, 7) is 0.759. The van der Waals surface area contributed by atoms with Crippen LogP contribution in [0.4, 0.5) is 5.69 Å². The van der Waals surface area contributed by atoms with Crippen LogP contribution >= 0.6 is 12.6 Å². The summed E-state index contributed by atoms with van der Waals surface area (Å²) in [5, 5.41) is 0.